The van der Waals surface area contributed by atoms with Gasteiger partial charge in [0.1, 0.15) is 11.3 Å². The number of carbonyl (C=O) groups is 2. The van der Waals surface area contributed by atoms with Crippen molar-refractivity contribution in [2.75, 3.05) is 13.7 Å². The van der Waals surface area contributed by atoms with Gasteiger partial charge in [-0.25, -0.2) is 0 Å². The van der Waals surface area contributed by atoms with E-state index in [9.17, 15) is 9.59 Å². The lowest BCUT2D eigenvalue weighted by Gasteiger charge is -2.38. The Morgan fingerprint density at radius 2 is 2.31 bits per heavy atom. The largest absolute Gasteiger partial charge is 0.481 e. The summed E-state index contributed by atoms with van der Waals surface area (Å²) in [6, 6.07) is 0. The molecule has 0 aromatic heterocycles. The number of hydrogen-bond donors (Lipinski definition) is 1. The summed E-state index contributed by atoms with van der Waals surface area (Å²) >= 11 is 0. The van der Waals surface area contributed by atoms with Crippen LogP contribution < -0.4 is 0 Å². The molecule has 3 fully saturated rings. The van der Waals surface area contributed by atoms with Crippen LogP contribution in [0.3, 0.4) is 0 Å². The van der Waals surface area contributed by atoms with Crippen LogP contribution in [0.5, 0.6) is 0 Å². The van der Waals surface area contributed by atoms with E-state index in [1.54, 1.807) is 0 Å². The molecule has 3 rings (SSSR count). The highest BCUT2D eigenvalue weighted by Crippen LogP contribution is 2.55. The average molecular weight is 186 g/mol. The van der Waals surface area contributed by atoms with Crippen molar-refractivity contribution in [3.63, 3.8) is 0 Å². The minimum Gasteiger partial charge on any atom is -0.481 e. The second-order valence-corrected chi connectivity index (χ2v) is 3.52. The summed E-state index contributed by atoms with van der Waals surface area (Å²) in [5, 5.41) is 8.94. The smallest absolute Gasteiger partial charge is 0.313 e. The molecule has 5 heteroatoms. The maximum absolute atomic E-state index is 11.2. The fourth-order valence-corrected chi connectivity index (χ4v) is 2.15. The molecule has 0 spiro atoms. The maximum atomic E-state index is 11.2. The zero-order valence-electron chi connectivity index (χ0n) is 7.15. The quantitative estimate of drug-likeness (QED) is 0.596. The zero-order valence-corrected chi connectivity index (χ0v) is 7.15. The van der Waals surface area contributed by atoms with E-state index in [0.717, 1.165) is 0 Å². The number of aliphatic carboxylic acids is 1. The highest BCUT2D eigenvalue weighted by atomic mass is 16.5. The second kappa shape index (κ2) is 2.45. The Balaban J connectivity index is 2.23. The summed E-state index contributed by atoms with van der Waals surface area (Å²) in [5.74, 6) is -2.04. The van der Waals surface area contributed by atoms with Crippen molar-refractivity contribution in [1.29, 1.82) is 0 Å². The molecule has 1 aliphatic carbocycles. The first-order chi connectivity index (χ1) is 6.12. The number of fused-ring (bicyclic) bond motifs is 1. The Morgan fingerprint density at radius 1 is 1.62 bits per heavy atom. The van der Waals surface area contributed by atoms with E-state index in [0.29, 0.717) is 6.42 Å². The van der Waals surface area contributed by atoms with E-state index in [4.69, 9.17) is 9.84 Å². The predicted octanol–water partition coefficient (Wildman–Crippen LogP) is -0.351. The Bertz CT molecular complexity index is 270. The SMILES string of the molecule is COC(=O)[C@@H]1[C@H]2C[C@]1(C(=O)O)CO2. The van der Waals surface area contributed by atoms with Gasteiger partial charge in [0.15, 0.2) is 0 Å². The lowest BCUT2D eigenvalue weighted by molar-refractivity contribution is -0.171. The third-order valence-electron chi connectivity index (χ3n) is 2.97. The molecule has 1 N–H and O–H groups in total. The molecular weight excluding hydrogens is 176 g/mol. The van der Waals surface area contributed by atoms with E-state index in [-0.39, 0.29) is 12.7 Å². The molecule has 3 aliphatic rings. The molecule has 1 saturated carbocycles. The van der Waals surface area contributed by atoms with Gasteiger partial charge in [0.05, 0.1) is 19.8 Å². The lowest BCUT2D eigenvalue weighted by Crippen LogP contribution is -2.54. The van der Waals surface area contributed by atoms with Crippen molar-refractivity contribution in [2.45, 2.75) is 12.5 Å². The van der Waals surface area contributed by atoms with Gasteiger partial charge in [0.25, 0.3) is 0 Å². The highest BCUT2D eigenvalue weighted by Gasteiger charge is 2.69. The molecule has 0 radical (unpaired) electrons. The minimum absolute atomic E-state index is 0.132. The van der Waals surface area contributed by atoms with Gasteiger partial charge in [-0.2, -0.15) is 0 Å². The Labute approximate surface area is 74.6 Å². The third-order valence-corrected chi connectivity index (χ3v) is 2.97. The number of hydrogen-bond acceptors (Lipinski definition) is 4. The van der Waals surface area contributed by atoms with Crippen molar-refractivity contribution >= 4 is 11.9 Å². The highest BCUT2D eigenvalue weighted by molar-refractivity contribution is 5.88. The van der Waals surface area contributed by atoms with Crippen LogP contribution in [-0.4, -0.2) is 36.9 Å². The lowest BCUT2D eigenvalue weighted by atomic mass is 9.61. The van der Waals surface area contributed by atoms with Crippen LogP contribution in [0.1, 0.15) is 6.42 Å². The van der Waals surface area contributed by atoms with Crippen LogP contribution in [0.4, 0.5) is 0 Å². The molecule has 2 bridgehead atoms. The van der Waals surface area contributed by atoms with Crippen molar-refractivity contribution < 1.29 is 24.2 Å². The molecule has 2 aliphatic heterocycles. The Morgan fingerprint density at radius 3 is 2.77 bits per heavy atom. The molecular formula is C8H10O5. The molecule has 72 valence electrons. The predicted molar refractivity (Wildman–Crippen MR) is 39.9 cm³/mol. The van der Waals surface area contributed by atoms with E-state index < -0.39 is 23.3 Å². The number of methoxy groups -OCH3 is 1. The van der Waals surface area contributed by atoms with Crippen molar-refractivity contribution in [2.24, 2.45) is 11.3 Å². The normalized spacial score (nSPS) is 41.0. The summed E-state index contributed by atoms with van der Waals surface area (Å²) in [5.41, 5.74) is -1.00. The number of carboxylic acids is 1. The standard InChI is InChI=1S/C8H10O5/c1-12-6(9)5-4-2-8(5,3-13-4)7(10)11/h4-5H,2-3H2,1H3,(H,10,11)/t4-,5+,8+/m1/s1. The summed E-state index contributed by atoms with van der Waals surface area (Å²) in [4.78, 5) is 22.1. The topological polar surface area (TPSA) is 72.8 Å². The number of rotatable bonds is 2. The van der Waals surface area contributed by atoms with Gasteiger partial charge >= 0.3 is 11.9 Å². The van der Waals surface area contributed by atoms with E-state index >= 15 is 0 Å². The minimum atomic E-state index is -1.00. The molecule has 13 heavy (non-hydrogen) atoms. The van der Waals surface area contributed by atoms with Crippen LogP contribution in [0, 0.1) is 11.3 Å². The Kier molecular flexibility index (Phi) is 1.60. The van der Waals surface area contributed by atoms with Crippen LogP contribution >= 0.6 is 0 Å². The van der Waals surface area contributed by atoms with Gasteiger partial charge in [0.2, 0.25) is 0 Å². The molecule has 0 aromatic rings. The summed E-state index contributed by atoms with van der Waals surface area (Å²) in [6.07, 6.45) is 0.186. The first-order valence-corrected chi connectivity index (χ1v) is 4.04. The van der Waals surface area contributed by atoms with E-state index in [2.05, 4.69) is 4.74 Å². The number of carboxylic acid groups (broad SMARTS) is 1. The zero-order chi connectivity index (χ0) is 9.64. The van der Waals surface area contributed by atoms with Gasteiger partial charge in [0, 0.05) is 0 Å². The first-order valence-electron chi connectivity index (χ1n) is 4.04. The average Bonchev–Trinajstić information content (AvgIpc) is 2.60. The molecule has 0 unspecified atom stereocenters. The van der Waals surface area contributed by atoms with Crippen molar-refractivity contribution in [3.05, 3.63) is 0 Å². The van der Waals surface area contributed by atoms with E-state index in [1.165, 1.54) is 7.11 Å². The monoisotopic (exact) mass is 186 g/mol. The molecule has 5 nitrogen and oxygen atoms in total. The van der Waals surface area contributed by atoms with Gasteiger partial charge in [-0.05, 0) is 6.42 Å². The Hall–Kier alpha value is -1.10. The van der Waals surface area contributed by atoms with Crippen molar-refractivity contribution in [1.82, 2.24) is 0 Å². The van der Waals surface area contributed by atoms with Crippen LogP contribution in [-0.2, 0) is 19.1 Å². The van der Waals surface area contributed by atoms with Crippen LogP contribution in [0.2, 0.25) is 0 Å². The third kappa shape index (κ3) is 0.848. The van der Waals surface area contributed by atoms with Gasteiger partial charge < -0.3 is 14.6 Å². The summed E-state index contributed by atoms with van der Waals surface area (Å²) < 4.78 is 9.67. The first kappa shape index (κ1) is 8.50. The fraction of sp³-hybridized carbons (Fsp3) is 0.750. The van der Waals surface area contributed by atoms with Crippen molar-refractivity contribution in [3.8, 4) is 0 Å². The van der Waals surface area contributed by atoms with Gasteiger partial charge in [-0.1, -0.05) is 0 Å². The molecule has 0 amide bonds. The summed E-state index contributed by atoms with van der Waals surface area (Å²) in [7, 11) is 1.26. The van der Waals surface area contributed by atoms with Gasteiger partial charge in [-0.15, -0.1) is 0 Å². The molecule has 2 saturated heterocycles. The molecule has 2 heterocycles. The summed E-state index contributed by atoms with van der Waals surface area (Å²) in [6.45, 7) is 0.132. The van der Waals surface area contributed by atoms with Crippen LogP contribution in [0.25, 0.3) is 0 Å². The molecule has 3 atom stereocenters. The molecule has 0 aromatic carbocycles. The van der Waals surface area contributed by atoms with Crippen LogP contribution in [0.15, 0.2) is 0 Å². The maximum Gasteiger partial charge on any atom is 0.313 e. The fourth-order valence-electron chi connectivity index (χ4n) is 2.15. The number of ether oxygens (including phenoxy) is 2. The van der Waals surface area contributed by atoms with E-state index in [1.807, 2.05) is 0 Å². The number of esters is 1. The second-order valence-electron chi connectivity index (χ2n) is 3.52. The number of carbonyl (C=O) groups excluding carboxylic acids is 1. The van der Waals surface area contributed by atoms with Gasteiger partial charge in [-0.3, -0.25) is 9.59 Å².